The SMILES string of the molecule is CCOC(=O)c1ccc(C(=O)NCCOc2cccc(C(=N)N)c2)cc1.O=C(O)C(F)(F)F. The van der Waals surface area contributed by atoms with Crippen LogP contribution in [-0.2, 0) is 9.53 Å². The molecule has 2 rings (SSSR count). The van der Waals surface area contributed by atoms with Gasteiger partial charge in [-0.25, -0.2) is 9.59 Å². The molecule has 0 saturated heterocycles. The molecule has 0 spiro atoms. The minimum Gasteiger partial charge on any atom is -0.492 e. The minimum absolute atomic E-state index is 0.0324. The number of halogens is 3. The van der Waals surface area contributed by atoms with Crippen LogP contribution in [0.5, 0.6) is 5.75 Å². The van der Waals surface area contributed by atoms with Gasteiger partial charge < -0.3 is 25.6 Å². The maximum absolute atomic E-state index is 12.1. The lowest BCUT2D eigenvalue weighted by atomic mass is 10.1. The molecule has 0 aliphatic carbocycles. The van der Waals surface area contributed by atoms with Crippen molar-refractivity contribution in [1.29, 1.82) is 5.41 Å². The van der Waals surface area contributed by atoms with Crippen LogP contribution in [-0.4, -0.2) is 54.7 Å². The van der Waals surface area contributed by atoms with Gasteiger partial charge in [0, 0.05) is 11.1 Å². The summed E-state index contributed by atoms with van der Waals surface area (Å²) in [4.78, 5) is 32.6. The molecule has 2 aromatic rings. The highest BCUT2D eigenvalue weighted by Crippen LogP contribution is 2.13. The Morgan fingerprint density at radius 1 is 1.06 bits per heavy atom. The van der Waals surface area contributed by atoms with Gasteiger partial charge in [-0.3, -0.25) is 10.2 Å². The lowest BCUT2D eigenvalue weighted by Gasteiger charge is -2.09. The topological polar surface area (TPSA) is 152 Å². The van der Waals surface area contributed by atoms with Crippen LogP contribution >= 0.6 is 0 Å². The van der Waals surface area contributed by atoms with Gasteiger partial charge in [0.05, 0.1) is 18.7 Å². The van der Waals surface area contributed by atoms with Gasteiger partial charge in [-0.15, -0.1) is 0 Å². The quantitative estimate of drug-likeness (QED) is 0.201. The van der Waals surface area contributed by atoms with Crippen LogP contribution in [0.25, 0.3) is 0 Å². The highest BCUT2D eigenvalue weighted by atomic mass is 19.4. The summed E-state index contributed by atoms with van der Waals surface area (Å²) < 4.78 is 42.2. The van der Waals surface area contributed by atoms with Crippen LogP contribution in [0.3, 0.4) is 0 Å². The number of amidine groups is 1. The van der Waals surface area contributed by atoms with Crippen LogP contribution in [0.2, 0.25) is 0 Å². The molecule has 0 unspecified atom stereocenters. The van der Waals surface area contributed by atoms with E-state index in [9.17, 15) is 22.8 Å². The first-order chi connectivity index (χ1) is 15.5. The van der Waals surface area contributed by atoms with Crippen molar-refractivity contribution in [2.75, 3.05) is 19.8 Å². The third kappa shape index (κ3) is 9.72. The summed E-state index contributed by atoms with van der Waals surface area (Å²) in [7, 11) is 0. The summed E-state index contributed by atoms with van der Waals surface area (Å²) in [5, 5.41) is 17.3. The fourth-order valence-corrected chi connectivity index (χ4v) is 2.16. The Hall–Kier alpha value is -4.09. The van der Waals surface area contributed by atoms with Crippen LogP contribution in [0.1, 0.15) is 33.2 Å². The molecule has 0 saturated carbocycles. The van der Waals surface area contributed by atoms with Crippen molar-refractivity contribution in [2.45, 2.75) is 13.1 Å². The number of aliphatic carboxylic acids is 1. The molecule has 0 bridgehead atoms. The fraction of sp³-hybridized carbons (Fsp3) is 0.238. The number of hydrogen-bond donors (Lipinski definition) is 4. The molecule has 0 fully saturated rings. The molecule has 0 radical (unpaired) electrons. The minimum atomic E-state index is -5.08. The highest BCUT2D eigenvalue weighted by molar-refractivity contribution is 5.96. The number of alkyl halides is 3. The predicted molar refractivity (Wildman–Crippen MR) is 111 cm³/mol. The van der Waals surface area contributed by atoms with E-state index in [1.165, 1.54) is 0 Å². The Morgan fingerprint density at radius 3 is 2.15 bits per heavy atom. The van der Waals surface area contributed by atoms with Gasteiger partial charge in [-0.2, -0.15) is 13.2 Å². The number of carbonyl (C=O) groups is 3. The second-order valence-corrected chi connectivity index (χ2v) is 6.15. The number of hydrogen-bond acceptors (Lipinski definition) is 6. The van der Waals surface area contributed by atoms with Crippen molar-refractivity contribution in [2.24, 2.45) is 5.73 Å². The summed E-state index contributed by atoms with van der Waals surface area (Å²) in [6.07, 6.45) is -5.08. The Morgan fingerprint density at radius 2 is 1.64 bits per heavy atom. The summed E-state index contributed by atoms with van der Waals surface area (Å²) >= 11 is 0. The first kappa shape index (κ1) is 26.9. The molecule has 0 aromatic heterocycles. The molecule has 0 heterocycles. The van der Waals surface area contributed by atoms with Crippen LogP contribution < -0.4 is 15.8 Å². The normalized spacial score (nSPS) is 10.3. The molecule has 5 N–H and O–H groups in total. The van der Waals surface area contributed by atoms with Crippen LogP contribution in [0.4, 0.5) is 13.2 Å². The standard InChI is InChI=1S/C19H21N3O4.C2HF3O2/c1-2-25-19(24)14-8-6-13(7-9-14)18(23)22-10-11-26-16-5-3-4-15(12-16)17(20)21;3-2(4,5)1(6)7/h3-9,12H,2,10-11H2,1H3,(H3,20,21)(H,22,23);(H,6,7). The summed E-state index contributed by atoms with van der Waals surface area (Å²) in [6.45, 7) is 2.62. The van der Waals surface area contributed by atoms with Crippen molar-refractivity contribution in [3.63, 3.8) is 0 Å². The van der Waals surface area contributed by atoms with Crippen LogP contribution in [0, 0.1) is 5.41 Å². The number of benzene rings is 2. The number of nitrogens with one attached hydrogen (secondary N) is 2. The maximum Gasteiger partial charge on any atom is 0.490 e. The smallest absolute Gasteiger partial charge is 0.490 e. The lowest BCUT2D eigenvalue weighted by molar-refractivity contribution is -0.192. The van der Waals surface area contributed by atoms with Gasteiger partial charge >= 0.3 is 18.1 Å². The van der Waals surface area contributed by atoms with E-state index in [0.717, 1.165) is 0 Å². The van der Waals surface area contributed by atoms with E-state index < -0.39 is 18.1 Å². The van der Waals surface area contributed by atoms with Gasteiger partial charge in [-0.05, 0) is 43.3 Å². The van der Waals surface area contributed by atoms with Crippen molar-refractivity contribution in [3.8, 4) is 5.75 Å². The van der Waals surface area contributed by atoms with E-state index >= 15 is 0 Å². The number of ether oxygens (including phenoxy) is 2. The average Bonchev–Trinajstić information content (AvgIpc) is 2.77. The maximum atomic E-state index is 12.1. The van der Waals surface area contributed by atoms with Gasteiger partial charge in [0.15, 0.2) is 0 Å². The number of amides is 1. The van der Waals surface area contributed by atoms with Crippen molar-refractivity contribution < 1.29 is 42.1 Å². The monoisotopic (exact) mass is 469 g/mol. The lowest BCUT2D eigenvalue weighted by Crippen LogP contribution is -2.28. The molecule has 0 aliphatic rings. The van der Waals surface area contributed by atoms with E-state index in [1.54, 1.807) is 55.5 Å². The van der Waals surface area contributed by atoms with Crippen LogP contribution in [0.15, 0.2) is 48.5 Å². The fourth-order valence-electron chi connectivity index (χ4n) is 2.16. The third-order valence-electron chi connectivity index (χ3n) is 3.70. The average molecular weight is 469 g/mol. The molecule has 1 amide bonds. The molecular weight excluding hydrogens is 447 g/mol. The van der Waals surface area contributed by atoms with E-state index in [1.807, 2.05) is 0 Å². The van der Waals surface area contributed by atoms with Gasteiger partial charge in [0.25, 0.3) is 5.91 Å². The zero-order valence-electron chi connectivity index (χ0n) is 17.4. The Kier molecular flexibility index (Phi) is 10.4. The van der Waals surface area contributed by atoms with E-state index in [-0.39, 0.29) is 18.3 Å². The second-order valence-electron chi connectivity index (χ2n) is 6.15. The van der Waals surface area contributed by atoms with Crippen molar-refractivity contribution >= 4 is 23.7 Å². The zero-order valence-corrected chi connectivity index (χ0v) is 17.4. The van der Waals surface area contributed by atoms with E-state index in [0.29, 0.717) is 35.6 Å². The molecule has 12 heteroatoms. The molecule has 0 aliphatic heterocycles. The summed E-state index contributed by atoms with van der Waals surface area (Å²) in [5.74, 6) is -2.89. The second kappa shape index (κ2) is 12.7. The molecule has 2 aromatic carbocycles. The highest BCUT2D eigenvalue weighted by Gasteiger charge is 2.38. The van der Waals surface area contributed by atoms with E-state index in [4.69, 9.17) is 30.5 Å². The summed E-state index contributed by atoms with van der Waals surface area (Å²) in [5.41, 5.74) is 6.85. The first-order valence-electron chi connectivity index (χ1n) is 9.38. The largest absolute Gasteiger partial charge is 0.492 e. The zero-order chi connectivity index (χ0) is 25.0. The van der Waals surface area contributed by atoms with Crippen molar-refractivity contribution in [3.05, 3.63) is 65.2 Å². The van der Waals surface area contributed by atoms with E-state index in [2.05, 4.69) is 5.32 Å². The molecule has 0 atom stereocenters. The number of esters is 1. The van der Waals surface area contributed by atoms with Crippen molar-refractivity contribution in [1.82, 2.24) is 5.32 Å². The number of nitrogens with two attached hydrogens (primary N) is 1. The molecule has 9 nitrogen and oxygen atoms in total. The Labute approximate surface area is 186 Å². The van der Waals surface area contributed by atoms with Gasteiger partial charge in [0.2, 0.25) is 0 Å². The number of nitrogen functional groups attached to an aromatic ring is 1. The number of carboxylic acid groups (broad SMARTS) is 1. The Balaban J connectivity index is 0.000000675. The van der Waals surface area contributed by atoms with Gasteiger partial charge in [0.1, 0.15) is 18.2 Å². The number of carbonyl (C=O) groups excluding carboxylic acids is 2. The summed E-state index contributed by atoms with van der Waals surface area (Å²) in [6, 6.07) is 13.1. The first-order valence-corrected chi connectivity index (χ1v) is 9.38. The third-order valence-corrected chi connectivity index (χ3v) is 3.70. The molecule has 33 heavy (non-hydrogen) atoms. The van der Waals surface area contributed by atoms with Gasteiger partial charge in [-0.1, -0.05) is 12.1 Å². The number of rotatable bonds is 8. The predicted octanol–water partition coefficient (Wildman–Crippen LogP) is 2.59. The Bertz CT molecular complexity index is 978. The molecular formula is C21H22F3N3O6. The molecule has 178 valence electrons. The number of carboxylic acids is 1.